The van der Waals surface area contributed by atoms with E-state index in [1.54, 1.807) is 0 Å². The summed E-state index contributed by atoms with van der Waals surface area (Å²) < 4.78 is 5.81. The standard InChI is InChI=1S/C19H31N3O2/c1-14-8-9-16(24-14)17(19(2,3)4)20-18(23)22-12-6-11-21-10-5-7-15(21)13-22/h8-9,15,17H,5-7,10-13H2,1-4H3,(H,20,23). The third-order valence-corrected chi connectivity index (χ3v) is 5.27. The Morgan fingerprint density at radius 1 is 1.25 bits per heavy atom. The van der Waals surface area contributed by atoms with Gasteiger partial charge in [-0.1, -0.05) is 20.8 Å². The summed E-state index contributed by atoms with van der Waals surface area (Å²) in [5.41, 5.74) is -0.106. The molecule has 1 aromatic rings. The molecule has 2 unspecified atom stereocenters. The molecule has 2 atom stereocenters. The normalized spacial score (nSPS) is 23.7. The van der Waals surface area contributed by atoms with Crippen LogP contribution in [-0.2, 0) is 0 Å². The number of urea groups is 1. The van der Waals surface area contributed by atoms with E-state index in [4.69, 9.17) is 4.42 Å². The summed E-state index contributed by atoms with van der Waals surface area (Å²) in [5, 5.41) is 3.24. The Hall–Kier alpha value is -1.49. The van der Waals surface area contributed by atoms with Gasteiger partial charge in [0.2, 0.25) is 0 Å². The number of aryl methyl sites for hydroxylation is 1. The van der Waals surface area contributed by atoms with E-state index in [1.807, 2.05) is 24.0 Å². The minimum Gasteiger partial charge on any atom is -0.464 e. The fourth-order valence-electron chi connectivity index (χ4n) is 3.93. The smallest absolute Gasteiger partial charge is 0.318 e. The molecular weight excluding hydrogens is 302 g/mol. The average molecular weight is 333 g/mol. The van der Waals surface area contributed by atoms with Gasteiger partial charge in [-0.05, 0) is 50.3 Å². The Labute approximate surface area is 145 Å². The van der Waals surface area contributed by atoms with Crippen LogP contribution >= 0.6 is 0 Å². The summed E-state index contributed by atoms with van der Waals surface area (Å²) in [6, 6.07) is 4.39. The number of carbonyl (C=O) groups excluding carboxylic acids is 1. The minimum absolute atomic E-state index is 0.0396. The lowest BCUT2D eigenvalue weighted by Crippen LogP contribution is -2.47. The summed E-state index contributed by atoms with van der Waals surface area (Å²) in [4.78, 5) is 17.5. The van der Waals surface area contributed by atoms with Gasteiger partial charge in [-0.3, -0.25) is 4.90 Å². The lowest BCUT2D eigenvalue weighted by molar-refractivity contribution is 0.167. The van der Waals surface area contributed by atoms with Crippen LogP contribution in [-0.4, -0.2) is 48.1 Å². The first-order chi connectivity index (χ1) is 11.3. The van der Waals surface area contributed by atoms with Gasteiger partial charge < -0.3 is 14.6 Å². The first-order valence-corrected chi connectivity index (χ1v) is 9.20. The van der Waals surface area contributed by atoms with Gasteiger partial charge in [-0.15, -0.1) is 0 Å². The van der Waals surface area contributed by atoms with E-state index in [2.05, 4.69) is 31.0 Å². The molecule has 24 heavy (non-hydrogen) atoms. The van der Waals surface area contributed by atoms with Crippen molar-refractivity contribution in [2.75, 3.05) is 26.2 Å². The third kappa shape index (κ3) is 3.77. The molecule has 0 spiro atoms. The van der Waals surface area contributed by atoms with Crippen molar-refractivity contribution in [1.82, 2.24) is 15.1 Å². The van der Waals surface area contributed by atoms with E-state index < -0.39 is 0 Å². The number of rotatable bonds is 2. The molecule has 134 valence electrons. The number of fused-ring (bicyclic) bond motifs is 1. The Bertz CT molecular complexity index is 575. The van der Waals surface area contributed by atoms with Gasteiger partial charge in [0.1, 0.15) is 11.5 Å². The molecule has 0 bridgehead atoms. The van der Waals surface area contributed by atoms with Gasteiger partial charge in [0.15, 0.2) is 0 Å². The molecule has 3 rings (SSSR count). The molecule has 0 aliphatic carbocycles. The van der Waals surface area contributed by atoms with Gasteiger partial charge in [-0.25, -0.2) is 4.79 Å². The molecule has 2 saturated heterocycles. The summed E-state index contributed by atoms with van der Waals surface area (Å²) >= 11 is 0. The maximum absolute atomic E-state index is 12.9. The molecular formula is C19H31N3O2. The number of carbonyl (C=O) groups is 1. The number of hydrogen-bond acceptors (Lipinski definition) is 3. The Balaban J connectivity index is 1.71. The van der Waals surface area contributed by atoms with Crippen LogP contribution in [0.15, 0.2) is 16.5 Å². The number of nitrogens with zero attached hydrogens (tertiary/aromatic N) is 2. The Morgan fingerprint density at radius 3 is 2.67 bits per heavy atom. The molecule has 2 fully saturated rings. The molecule has 1 N–H and O–H groups in total. The van der Waals surface area contributed by atoms with Gasteiger partial charge in [0.25, 0.3) is 0 Å². The minimum atomic E-state index is -0.123. The van der Waals surface area contributed by atoms with E-state index in [0.29, 0.717) is 6.04 Å². The molecule has 2 amide bonds. The first kappa shape index (κ1) is 17.3. The van der Waals surface area contributed by atoms with Crippen LogP contribution in [0.3, 0.4) is 0 Å². The highest BCUT2D eigenvalue weighted by Gasteiger charge is 2.34. The van der Waals surface area contributed by atoms with Gasteiger partial charge in [0, 0.05) is 25.7 Å². The van der Waals surface area contributed by atoms with E-state index in [0.717, 1.165) is 37.6 Å². The number of nitrogens with one attached hydrogen (secondary N) is 1. The Morgan fingerprint density at radius 2 is 2.00 bits per heavy atom. The van der Waals surface area contributed by atoms with Crippen molar-refractivity contribution in [2.24, 2.45) is 5.41 Å². The second kappa shape index (κ2) is 6.79. The van der Waals surface area contributed by atoms with Crippen molar-refractivity contribution in [2.45, 2.75) is 59.0 Å². The third-order valence-electron chi connectivity index (χ3n) is 5.27. The number of furan rings is 1. The average Bonchev–Trinajstić information content (AvgIpc) is 3.07. The summed E-state index contributed by atoms with van der Waals surface area (Å²) in [6.07, 6.45) is 3.53. The molecule has 3 heterocycles. The van der Waals surface area contributed by atoms with Crippen LogP contribution in [0.1, 0.15) is 57.6 Å². The summed E-state index contributed by atoms with van der Waals surface area (Å²) in [7, 11) is 0. The zero-order valence-corrected chi connectivity index (χ0v) is 15.5. The van der Waals surface area contributed by atoms with E-state index >= 15 is 0 Å². The fourth-order valence-corrected chi connectivity index (χ4v) is 3.93. The molecule has 2 aliphatic heterocycles. The highest BCUT2D eigenvalue weighted by atomic mass is 16.3. The quantitative estimate of drug-likeness (QED) is 0.900. The van der Waals surface area contributed by atoms with Crippen molar-refractivity contribution in [3.05, 3.63) is 23.7 Å². The zero-order chi connectivity index (χ0) is 17.3. The second-order valence-corrected chi connectivity index (χ2v) is 8.33. The van der Waals surface area contributed by atoms with Crippen LogP contribution < -0.4 is 5.32 Å². The molecule has 0 saturated carbocycles. The van der Waals surface area contributed by atoms with Crippen molar-refractivity contribution >= 4 is 6.03 Å². The van der Waals surface area contributed by atoms with Gasteiger partial charge >= 0.3 is 6.03 Å². The van der Waals surface area contributed by atoms with Crippen LogP contribution in [0.4, 0.5) is 4.79 Å². The molecule has 0 radical (unpaired) electrons. The summed E-state index contributed by atoms with van der Waals surface area (Å²) in [5.74, 6) is 1.72. The predicted octanol–water partition coefficient (Wildman–Crippen LogP) is 3.55. The van der Waals surface area contributed by atoms with Gasteiger partial charge in [0.05, 0.1) is 6.04 Å². The topological polar surface area (TPSA) is 48.7 Å². The van der Waals surface area contributed by atoms with Crippen molar-refractivity contribution in [3.8, 4) is 0 Å². The van der Waals surface area contributed by atoms with E-state index in [1.165, 1.54) is 19.4 Å². The highest BCUT2D eigenvalue weighted by Crippen LogP contribution is 2.34. The van der Waals surface area contributed by atoms with Crippen molar-refractivity contribution in [1.29, 1.82) is 0 Å². The summed E-state index contributed by atoms with van der Waals surface area (Å²) in [6.45, 7) is 12.3. The molecule has 2 aliphatic rings. The number of hydrogen-bond donors (Lipinski definition) is 1. The first-order valence-electron chi connectivity index (χ1n) is 9.20. The zero-order valence-electron chi connectivity index (χ0n) is 15.5. The fraction of sp³-hybridized carbons (Fsp3) is 0.737. The highest BCUT2D eigenvalue weighted by molar-refractivity contribution is 5.75. The van der Waals surface area contributed by atoms with Gasteiger partial charge in [-0.2, -0.15) is 0 Å². The SMILES string of the molecule is Cc1ccc(C(NC(=O)N2CCCN3CCCC3C2)C(C)(C)C)o1. The molecule has 1 aromatic heterocycles. The predicted molar refractivity (Wildman–Crippen MR) is 95.0 cm³/mol. The van der Waals surface area contributed by atoms with Crippen molar-refractivity contribution < 1.29 is 9.21 Å². The lowest BCUT2D eigenvalue weighted by Gasteiger charge is -2.33. The molecule has 5 nitrogen and oxygen atoms in total. The Kier molecular flexibility index (Phi) is 4.90. The van der Waals surface area contributed by atoms with E-state index in [9.17, 15) is 4.79 Å². The van der Waals surface area contributed by atoms with Crippen LogP contribution in [0.25, 0.3) is 0 Å². The van der Waals surface area contributed by atoms with E-state index in [-0.39, 0.29) is 17.5 Å². The molecule has 5 heteroatoms. The maximum atomic E-state index is 12.9. The lowest BCUT2D eigenvalue weighted by atomic mass is 9.85. The van der Waals surface area contributed by atoms with Crippen LogP contribution in [0, 0.1) is 12.3 Å². The van der Waals surface area contributed by atoms with Crippen LogP contribution in [0.2, 0.25) is 0 Å². The van der Waals surface area contributed by atoms with Crippen molar-refractivity contribution in [3.63, 3.8) is 0 Å². The monoisotopic (exact) mass is 333 g/mol. The van der Waals surface area contributed by atoms with Crippen LogP contribution in [0.5, 0.6) is 0 Å². The number of amides is 2. The maximum Gasteiger partial charge on any atom is 0.318 e. The molecule has 0 aromatic carbocycles. The largest absolute Gasteiger partial charge is 0.464 e. The second-order valence-electron chi connectivity index (χ2n) is 8.33.